The number of hydrogen-bond donors (Lipinski definition) is 2. The molecule has 3 N–H and O–H groups in total. The zero-order valence-electron chi connectivity index (χ0n) is 10.2. The minimum Gasteiger partial charge on any atom is -0.398 e. The van der Waals surface area contributed by atoms with Crippen molar-refractivity contribution >= 4 is 49.1 Å². The van der Waals surface area contributed by atoms with E-state index in [9.17, 15) is 4.79 Å². The second-order valence-electron chi connectivity index (χ2n) is 4.21. The maximum atomic E-state index is 12.1. The average molecular weight is 384 g/mol. The van der Waals surface area contributed by atoms with Gasteiger partial charge in [0.2, 0.25) is 0 Å². The first-order valence-corrected chi connectivity index (χ1v) is 7.18. The maximum absolute atomic E-state index is 12.1. The summed E-state index contributed by atoms with van der Waals surface area (Å²) >= 11 is 6.70. The van der Waals surface area contributed by atoms with Crippen LogP contribution in [0, 0.1) is 6.92 Å². The van der Waals surface area contributed by atoms with Crippen molar-refractivity contribution in [3.8, 4) is 0 Å². The van der Waals surface area contributed by atoms with E-state index in [0.717, 1.165) is 14.5 Å². The van der Waals surface area contributed by atoms with Crippen LogP contribution in [0.25, 0.3) is 0 Å². The van der Waals surface area contributed by atoms with Gasteiger partial charge >= 0.3 is 0 Å². The minimum absolute atomic E-state index is 0.161. The fourth-order valence-electron chi connectivity index (χ4n) is 1.69. The van der Waals surface area contributed by atoms with E-state index in [0.29, 0.717) is 16.9 Å². The number of amides is 1. The van der Waals surface area contributed by atoms with Gasteiger partial charge in [-0.3, -0.25) is 4.79 Å². The molecule has 0 saturated carbocycles. The smallest absolute Gasteiger partial charge is 0.255 e. The van der Waals surface area contributed by atoms with E-state index in [1.807, 2.05) is 19.1 Å². The van der Waals surface area contributed by atoms with Gasteiger partial charge in [0.25, 0.3) is 5.91 Å². The molecule has 0 aliphatic carbocycles. The van der Waals surface area contributed by atoms with Gasteiger partial charge in [-0.15, -0.1) is 0 Å². The number of nitrogens with one attached hydrogen (secondary N) is 1. The molecule has 3 nitrogen and oxygen atoms in total. The molecule has 0 aliphatic rings. The monoisotopic (exact) mass is 382 g/mol. The Morgan fingerprint density at radius 3 is 2.53 bits per heavy atom. The first kappa shape index (κ1) is 14.1. The number of benzene rings is 2. The molecule has 5 heteroatoms. The zero-order valence-corrected chi connectivity index (χ0v) is 13.4. The van der Waals surface area contributed by atoms with E-state index in [1.165, 1.54) is 0 Å². The summed E-state index contributed by atoms with van der Waals surface area (Å²) in [7, 11) is 0. The number of nitrogens with two attached hydrogens (primary N) is 1. The van der Waals surface area contributed by atoms with E-state index in [2.05, 4.69) is 37.2 Å². The predicted octanol–water partition coefficient (Wildman–Crippen LogP) is 4.35. The van der Waals surface area contributed by atoms with Crippen molar-refractivity contribution in [2.75, 3.05) is 11.1 Å². The molecule has 98 valence electrons. The average Bonchev–Trinajstić information content (AvgIpc) is 2.32. The Morgan fingerprint density at radius 2 is 1.89 bits per heavy atom. The number of carbonyl (C=O) groups is 1. The van der Waals surface area contributed by atoms with Gasteiger partial charge in [-0.25, -0.2) is 0 Å². The molecule has 0 aromatic heterocycles. The van der Waals surface area contributed by atoms with Crippen LogP contribution >= 0.6 is 31.9 Å². The molecule has 0 heterocycles. The van der Waals surface area contributed by atoms with Crippen LogP contribution in [0.3, 0.4) is 0 Å². The van der Waals surface area contributed by atoms with Gasteiger partial charge in [0.15, 0.2) is 0 Å². The highest BCUT2D eigenvalue weighted by molar-refractivity contribution is 9.10. The van der Waals surface area contributed by atoms with Gasteiger partial charge in [-0.1, -0.05) is 15.9 Å². The maximum Gasteiger partial charge on any atom is 0.255 e. The summed E-state index contributed by atoms with van der Waals surface area (Å²) in [6, 6.07) is 10.9. The summed E-state index contributed by atoms with van der Waals surface area (Å²) in [6.07, 6.45) is 0. The summed E-state index contributed by atoms with van der Waals surface area (Å²) < 4.78 is 1.69. The van der Waals surface area contributed by atoms with Gasteiger partial charge in [0, 0.05) is 25.9 Å². The fourth-order valence-corrected chi connectivity index (χ4v) is 2.55. The van der Waals surface area contributed by atoms with E-state index in [-0.39, 0.29) is 5.91 Å². The van der Waals surface area contributed by atoms with E-state index < -0.39 is 0 Å². The molecule has 0 bridgehead atoms. The first-order valence-electron chi connectivity index (χ1n) is 5.59. The van der Waals surface area contributed by atoms with Crippen LogP contribution in [0.1, 0.15) is 15.9 Å². The molecule has 1 amide bonds. The Kier molecular flexibility index (Phi) is 4.27. The normalized spacial score (nSPS) is 10.3. The Bertz CT molecular complexity index is 621. The standard InChI is InChI=1S/C14H12Br2N2O/c1-8-4-9(6-10(15)5-8)14(19)18-11-2-3-12(16)13(17)7-11/h2-7H,17H2,1H3,(H,18,19). The van der Waals surface area contributed by atoms with Gasteiger partial charge in [0.1, 0.15) is 0 Å². The molecule has 0 spiro atoms. The van der Waals surface area contributed by atoms with Gasteiger partial charge in [-0.05, 0) is 64.8 Å². The van der Waals surface area contributed by atoms with Crippen LogP contribution in [0.2, 0.25) is 0 Å². The number of aryl methyl sites for hydroxylation is 1. The second-order valence-corrected chi connectivity index (χ2v) is 5.98. The molecule has 2 aromatic rings. The van der Waals surface area contributed by atoms with Crippen molar-refractivity contribution in [3.63, 3.8) is 0 Å². The summed E-state index contributed by atoms with van der Waals surface area (Å²) in [5.74, 6) is -0.161. The predicted molar refractivity (Wildman–Crippen MR) is 85.4 cm³/mol. The lowest BCUT2D eigenvalue weighted by Gasteiger charge is -2.08. The summed E-state index contributed by atoms with van der Waals surface area (Å²) in [4.78, 5) is 12.1. The molecular weight excluding hydrogens is 372 g/mol. The number of nitrogen functional groups attached to an aromatic ring is 1. The highest BCUT2D eigenvalue weighted by Crippen LogP contribution is 2.23. The van der Waals surface area contributed by atoms with Crippen molar-refractivity contribution in [3.05, 3.63) is 56.5 Å². The number of halogens is 2. The third-order valence-electron chi connectivity index (χ3n) is 2.56. The van der Waals surface area contributed by atoms with Crippen molar-refractivity contribution in [2.24, 2.45) is 0 Å². The number of hydrogen-bond acceptors (Lipinski definition) is 2. The second kappa shape index (κ2) is 5.75. The van der Waals surface area contributed by atoms with Crippen molar-refractivity contribution in [1.82, 2.24) is 0 Å². The SMILES string of the molecule is Cc1cc(Br)cc(C(=O)Nc2ccc(Br)c(N)c2)c1. The molecule has 0 unspecified atom stereocenters. The van der Waals surface area contributed by atoms with Crippen LogP contribution in [-0.4, -0.2) is 5.91 Å². The number of rotatable bonds is 2. The molecule has 2 aromatic carbocycles. The molecule has 19 heavy (non-hydrogen) atoms. The van der Waals surface area contributed by atoms with Crippen LogP contribution in [0.5, 0.6) is 0 Å². The number of carbonyl (C=O) groups excluding carboxylic acids is 1. The molecular formula is C14H12Br2N2O. The summed E-state index contributed by atoms with van der Waals surface area (Å²) in [5.41, 5.74) is 8.66. The molecule has 0 saturated heterocycles. The first-order chi connectivity index (χ1) is 8.95. The molecule has 2 rings (SSSR count). The molecule has 0 aliphatic heterocycles. The Balaban J connectivity index is 2.22. The zero-order chi connectivity index (χ0) is 14.0. The Hall–Kier alpha value is -1.33. The highest BCUT2D eigenvalue weighted by atomic mass is 79.9. The van der Waals surface area contributed by atoms with Gasteiger partial charge in [0.05, 0.1) is 0 Å². The van der Waals surface area contributed by atoms with Gasteiger partial charge < -0.3 is 11.1 Å². The Labute approximate surface area is 128 Å². The highest BCUT2D eigenvalue weighted by Gasteiger charge is 2.08. The van der Waals surface area contributed by atoms with Gasteiger partial charge in [-0.2, -0.15) is 0 Å². The summed E-state index contributed by atoms with van der Waals surface area (Å²) in [6.45, 7) is 1.94. The number of anilines is 2. The lowest BCUT2D eigenvalue weighted by atomic mass is 10.1. The third kappa shape index (κ3) is 3.58. The van der Waals surface area contributed by atoms with Crippen molar-refractivity contribution in [2.45, 2.75) is 6.92 Å². The quantitative estimate of drug-likeness (QED) is 0.757. The molecule has 0 radical (unpaired) electrons. The van der Waals surface area contributed by atoms with E-state index >= 15 is 0 Å². The molecule has 0 atom stereocenters. The Morgan fingerprint density at radius 1 is 1.16 bits per heavy atom. The lowest BCUT2D eigenvalue weighted by Crippen LogP contribution is -2.12. The third-order valence-corrected chi connectivity index (χ3v) is 3.74. The van der Waals surface area contributed by atoms with Crippen LogP contribution in [0.4, 0.5) is 11.4 Å². The minimum atomic E-state index is -0.161. The van der Waals surface area contributed by atoms with Crippen molar-refractivity contribution in [1.29, 1.82) is 0 Å². The largest absolute Gasteiger partial charge is 0.398 e. The van der Waals surface area contributed by atoms with Crippen molar-refractivity contribution < 1.29 is 4.79 Å². The summed E-state index contributed by atoms with van der Waals surface area (Å²) in [5, 5.41) is 2.82. The van der Waals surface area contributed by atoms with Crippen LogP contribution in [-0.2, 0) is 0 Å². The molecule has 0 fully saturated rings. The van der Waals surface area contributed by atoms with E-state index in [1.54, 1.807) is 24.3 Å². The van der Waals surface area contributed by atoms with Crippen LogP contribution < -0.4 is 11.1 Å². The topological polar surface area (TPSA) is 55.1 Å². The van der Waals surface area contributed by atoms with E-state index in [4.69, 9.17) is 5.73 Å². The van der Waals surface area contributed by atoms with Crippen LogP contribution in [0.15, 0.2) is 45.3 Å². The lowest BCUT2D eigenvalue weighted by molar-refractivity contribution is 0.102. The fraction of sp³-hybridized carbons (Fsp3) is 0.0714.